The van der Waals surface area contributed by atoms with Crippen molar-refractivity contribution >= 4 is 23.2 Å². The summed E-state index contributed by atoms with van der Waals surface area (Å²) in [6.07, 6.45) is -0.0873. The normalized spacial score (nSPS) is 10.9. The lowest BCUT2D eigenvalue weighted by Crippen LogP contribution is -2.43. The van der Waals surface area contributed by atoms with Gasteiger partial charge in [0.2, 0.25) is 5.95 Å². The molecular formula is C23H24ClN5O3. The lowest BCUT2D eigenvalue weighted by atomic mass is 10.2. The van der Waals surface area contributed by atoms with Crippen LogP contribution < -0.4 is 21.4 Å². The fourth-order valence-corrected chi connectivity index (χ4v) is 3.27. The van der Waals surface area contributed by atoms with Crippen LogP contribution in [-0.2, 0) is 6.54 Å². The molecule has 166 valence electrons. The smallest absolute Gasteiger partial charge is 0.355 e. The largest absolute Gasteiger partial charge is 0.490 e. The first-order chi connectivity index (χ1) is 15.2. The van der Waals surface area contributed by atoms with Crippen LogP contribution >= 0.6 is 11.6 Å². The maximum Gasteiger partial charge on any atom is 0.355 e. The molecule has 9 heteroatoms. The van der Waals surface area contributed by atoms with E-state index in [1.54, 1.807) is 56.3 Å². The molecule has 2 aromatic carbocycles. The quantitative estimate of drug-likeness (QED) is 0.578. The van der Waals surface area contributed by atoms with Crippen molar-refractivity contribution < 1.29 is 4.74 Å². The van der Waals surface area contributed by atoms with Gasteiger partial charge < -0.3 is 10.1 Å². The number of aromatic nitrogens is 3. The summed E-state index contributed by atoms with van der Waals surface area (Å²) in [5.41, 5.74) is 0.494. The van der Waals surface area contributed by atoms with E-state index in [4.69, 9.17) is 16.3 Å². The van der Waals surface area contributed by atoms with Crippen molar-refractivity contribution in [1.29, 1.82) is 5.26 Å². The molecule has 32 heavy (non-hydrogen) atoms. The van der Waals surface area contributed by atoms with E-state index in [9.17, 15) is 14.9 Å². The number of ether oxygens (including phenoxy) is 1. The highest BCUT2D eigenvalue weighted by atomic mass is 35.5. The fourth-order valence-electron chi connectivity index (χ4n) is 3.14. The number of nitrogens with one attached hydrogen (secondary N) is 1. The number of hydrogen-bond acceptors (Lipinski definition) is 6. The van der Waals surface area contributed by atoms with Gasteiger partial charge in [0, 0.05) is 16.8 Å². The first-order valence-corrected chi connectivity index (χ1v) is 10.5. The third kappa shape index (κ3) is 5.18. The molecule has 0 bridgehead atoms. The summed E-state index contributed by atoms with van der Waals surface area (Å²) in [6, 6.07) is 13.8. The highest BCUT2D eigenvalue weighted by Gasteiger charge is 2.16. The van der Waals surface area contributed by atoms with E-state index in [2.05, 4.69) is 16.4 Å². The van der Waals surface area contributed by atoms with Crippen molar-refractivity contribution in [2.75, 3.05) is 5.32 Å². The van der Waals surface area contributed by atoms with Crippen molar-refractivity contribution in [3.63, 3.8) is 0 Å². The molecular weight excluding hydrogens is 430 g/mol. The molecule has 0 atom stereocenters. The number of hydrogen-bond donors (Lipinski definition) is 1. The zero-order valence-corrected chi connectivity index (χ0v) is 19.1. The van der Waals surface area contributed by atoms with Gasteiger partial charge in [-0.25, -0.2) is 14.2 Å². The first-order valence-electron chi connectivity index (χ1n) is 10.1. The molecule has 0 saturated carbocycles. The molecule has 0 aliphatic rings. The topological polar surface area (TPSA) is 102 Å². The van der Waals surface area contributed by atoms with Gasteiger partial charge in [-0.05, 0) is 63.6 Å². The Kier molecular flexibility index (Phi) is 7.01. The molecule has 3 rings (SSSR count). The van der Waals surface area contributed by atoms with Crippen molar-refractivity contribution in [3.05, 3.63) is 79.6 Å². The number of nitriles is 1. The second-order valence-corrected chi connectivity index (χ2v) is 8.23. The van der Waals surface area contributed by atoms with E-state index < -0.39 is 11.4 Å². The molecule has 1 heterocycles. The Bertz CT molecular complexity index is 1270. The molecule has 3 aromatic rings. The zero-order chi connectivity index (χ0) is 23.4. The minimum Gasteiger partial charge on any atom is -0.490 e. The predicted octanol–water partition coefficient (Wildman–Crippen LogP) is 4.09. The first kappa shape index (κ1) is 23.1. The summed E-state index contributed by atoms with van der Waals surface area (Å²) in [5, 5.41) is 13.1. The Morgan fingerprint density at radius 2 is 1.81 bits per heavy atom. The molecule has 0 saturated heterocycles. The number of anilines is 2. The van der Waals surface area contributed by atoms with Crippen LogP contribution in [0.15, 0.2) is 52.1 Å². The standard InChI is InChI=1S/C23H24ClN5O3/c1-14(2)29-22(30)27-21(28(23(29)31)13-16-5-7-18(24)8-6-16)26-19-9-10-20(32-15(3)4)17(11-19)12-25/h5-11,14-15H,13H2,1-4H3,(H,26,27,30). The average Bonchev–Trinajstić information content (AvgIpc) is 2.72. The summed E-state index contributed by atoms with van der Waals surface area (Å²) in [4.78, 5) is 29.8. The number of rotatable bonds is 7. The van der Waals surface area contributed by atoms with E-state index in [-0.39, 0.29) is 24.6 Å². The Morgan fingerprint density at radius 3 is 2.41 bits per heavy atom. The molecule has 8 nitrogen and oxygen atoms in total. The molecule has 1 N–H and O–H groups in total. The summed E-state index contributed by atoms with van der Waals surface area (Å²) >= 11 is 5.97. The monoisotopic (exact) mass is 453 g/mol. The van der Waals surface area contributed by atoms with Crippen molar-refractivity contribution in [2.45, 2.75) is 46.4 Å². The van der Waals surface area contributed by atoms with Gasteiger partial charge >= 0.3 is 11.4 Å². The zero-order valence-electron chi connectivity index (χ0n) is 18.3. The van der Waals surface area contributed by atoms with Gasteiger partial charge in [0.25, 0.3) is 0 Å². The number of nitrogens with zero attached hydrogens (tertiary/aromatic N) is 4. The van der Waals surface area contributed by atoms with Crippen LogP contribution in [0.4, 0.5) is 11.6 Å². The van der Waals surface area contributed by atoms with Crippen LogP contribution in [0, 0.1) is 11.3 Å². The number of benzene rings is 2. The Morgan fingerprint density at radius 1 is 1.12 bits per heavy atom. The highest BCUT2D eigenvalue weighted by molar-refractivity contribution is 6.30. The summed E-state index contributed by atoms with van der Waals surface area (Å²) in [7, 11) is 0. The fraction of sp³-hybridized carbons (Fsp3) is 0.304. The molecule has 0 fully saturated rings. The van der Waals surface area contributed by atoms with E-state index in [1.807, 2.05) is 13.8 Å². The third-order valence-electron chi connectivity index (χ3n) is 4.59. The van der Waals surface area contributed by atoms with E-state index in [0.717, 1.165) is 10.1 Å². The molecule has 0 amide bonds. The molecule has 0 aliphatic carbocycles. The minimum absolute atomic E-state index is 0.0771. The van der Waals surface area contributed by atoms with E-state index in [0.29, 0.717) is 22.0 Å². The average molecular weight is 454 g/mol. The summed E-state index contributed by atoms with van der Waals surface area (Å²) < 4.78 is 8.13. The van der Waals surface area contributed by atoms with Crippen molar-refractivity contribution in [1.82, 2.24) is 14.1 Å². The predicted molar refractivity (Wildman–Crippen MR) is 124 cm³/mol. The third-order valence-corrected chi connectivity index (χ3v) is 4.84. The van der Waals surface area contributed by atoms with Gasteiger partial charge in [0.1, 0.15) is 11.8 Å². The van der Waals surface area contributed by atoms with E-state index >= 15 is 0 Å². The van der Waals surface area contributed by atoms with Crippen molar-refractivity contribution in [2.24, 2.45) is 0 Å². The van der Waals surface area contributed by atoms with E-state index in [1.165, 1.54) is 4.57 Å². The minimum atomic E-state index is -0.653. The highest BCUT2D eigenvalue weighted by Crippen LogP contribution is 2.25. The number of halogens is 1. The Hall–Kier alpha value is -3.57. The van der Waals surface area contributed by atoms with Gasteiger partial charge in [0.15, 0.2) is 0 Å². The van der Waals surface area contributed by atoms with Gasteiger partial charge in [0.05, 0.1) is 18.2 Å². The lowest BCUT2D eigenvalue weighted by molar-refractivity contribution is 0.242. The summed E-state index contributed by atoms with van der Waals surface area (Å²) in [5.74, 6) is 0.531. The van der Waals surface area contributed by atoms with Crippen LogP contribution in [-0.4, -0.2) is 20.2 Å². The molecule has 0 radical (unpaired) electrons. The SMILES string of the molecule is CC(C)Oc1ccc(Nc2nc(=O)n(C(C)C)c(=O)n2Cc2ccc(Cl)cc2)cc1C#N. The second kappa shape index (κ2) is 9.71. The van der Waals surface area contributed by atoms with Crippen LogP contribution in [0.2, 0.25) is 5.02 Å². The van der Waals surface area contributed by atoms with Crippen molar-refractivity contribution in [3.8, 4) is 11.8 Å². The van der Waals surface area contributed by atoms with Gasteiger partial charge in [-0.3, -0.25) is 4.57 Å². The van der Waals surface area contributed by atoms with Gasteiger partial charge in [-0.15, -0.1) is 0 Å². The maximum absolute atomic E-state index is 13.2. The lowest BCUT2D eigenvalue weighted by Gasteiger charge is -2.18. The second-order valence-electron chi connectivity index (χ2n) is 7.79. The molecule has 0 spiro atoms. The van der Waals surface area contributed by atoms with Crippen LogP contribution in [0.1, 0.15) is 44.9 Å². The van der Waals surface area contributed by atoms with Gasteiger partial charge in [-0.2, -0.15) is 10.2 Å². The van der Waals surface area contributed by atoms with Gasteiger partial charge in [-0.1, -0.05) is 23.7 Å². The molecule has 0 unspecified atom stereocenters. The maximum atomic E-state index is 13.2. The Balaban J connectivity index is 2.07. The van der Waals surface area contributed by atoms with Crippen LogP contribution in [0.5, 0.6) is 5.75 Å². The summed E-state index contributed by atoms with van der Waals surface area (Å²) in [6.45, 7) is 7.42. The van der Waals surface area contributed by atoms with Crippen LogP contribution in [0.3, 0.4) is 0 Å². The Labute approximate surface area is 190 Å². The molecule has 0 aliphatic heterocycles. The molecule has 1 aromatic heterocycles. The van der Waals surface area contributed by atoms with Crippen LogP contribution in [0.25, 0.3) is 0 Å².